The van der Waals surface area contributed by atoms with Crippen molar-refractivity contribution in [2.75, 3.05) is 12.0 Å². The quantitative estimate of drug-likeness (QED) is 0.771. The molecular formula is C18H17FN2O3. The van der Waals surface area contributed by atoms with Crippen LogP contribution in [-0.2, 0) is 6.54 Å². The summed E-state index contributed by atoms with van der Waals surface area (Å²) < 4.78 is 24.3. The van der Waals surface area contributed by atoms with Crippen molar-refractivity contribution in [3.63, 3.8) is 0 Å². The van der Waals surface area contributed by atoms with Gasteiger partial charge in [0.15, 0.2) is 17.1 Å². The summed E-state index contributed by atoms with van der Waals surface area (Å²) in [4.78, 5) is 6.50. The zero-order chi connectivity index (χ0) is 16.7. The fourth-order valence-corrected chi connectivity index (χ4v) is 2.77. The molecule has 1 aliphatic carbocycles. The Morgan fingerprint density at radius 1 is 1.29 bits per heavy atom. The number of hydrogen-bond acceptors (Lipinski definition) is 5. The van der Waals surface area contributed by atoms with Crippen LogP contribution < -0.4 is 9.64 Å². The summed E-state index contributed by atoms with van der Waals surface area (Å²) in [6.07, 6.45) is 2.14. The van der Waals surface area contributed by atoms with Crippen LogP contribution in [0.25, 0.3) is 11.1 Å². The highest BCUT2D eigenvalue weighted by atomic mass is 19.1. The summed E-state index contributed by atoms with van der Waals surface area (Å²) in [5.41, 5.74) is 2.06. The van der Waals surface area contributed by atoms with Gasteiger partial charge in [-0.3, -0.25) is 0 Å². The van der Waals surface area contributed by atoms with Crippen LogP contribution in [0.15, 0.2) is 40.8 Å². The Bertz CT molecular complexity index is 889. The highest BCUT2D eigenvalue weighted by Crippen LogP contribution is 2.35. The van der Waals surface area contributed by atoms with Gasteiger partial charge < -0.3 is 19.2 Å². The van der Waals surface area contributed by atoms with Crippen molar-refractivity contribution in [2.45, 2.75) is 25.4 Å². The highest BCUT2D eigenvalue weighted by molar-refractivity contribution is 5.74. The number of aromatic nitrogens is 1. The van der Waals surface area contributed by atoms with Crippen molar-refractivity contribution in [3.05, 3.63) is 47.8 Å². The second kappa shape index (κ2) is 5.70. The van der Waals surface area contributed by atoms with Gasteiger partial charge in [0.2, 0.25) is 0 Å². The van der Waals surface area contributed by atoms with E-state index in [4.69, 9.17) is 9.15 Å². The van der Waals surface area contributed by atoms with Gasteiger partial charge in [-0.1, -0.05) is 6.07 Å². The molecule has 0 radical (unpaired) electrons. The number of nitrogens with zero attached hydrogens (tertiary/aromatic N) is 2. The van der Waals surface area contributed by atoms with Gasteiger partial charge >= 0.3 is 0 Å². The molecule has 1 heterocycles. The van der Waals surface area contributed by atoms with Crippen LogP contribution in [-0.4, -0.2) is 23.2 Å². The molecule has 0 unspecified atom stereocenters. The fourth-order valence-electron chi connectivity index (χ4n) is 2.77. The molecule has 2 aromatic carbocycles. The van der Waals surface area contributed by atoms with Crippen LogP contribution in [0.2, 0.25) is 0 Å². The number of phenolic OH excluding ortho intramolecular Hbond substituents is 1. The largest absolute Gasteiger partial charge is 0.504 e. The Morgan fingerprint density at radius 2 is 2.12 bits per heavy atom. The first-order chi connectivity index (χ1) is 11.6. The van der Waals surface area contributed by atoms with E-state index in [1.54, 1.807) is 18.2 Å². The molecule has 0 spiro atoms. The lowest BCUT2D eigenvalue weighted by molar-refractivity contribution is 0.373. The van der Waals surface area contributed by atoms with Crippen molar-refractivity contribution in [2.24, 2.45) is 0 Å². The van der Waals surface area contributed by atoms with E-state index in [-0.39, 0.29) is 11.6 Å². The van der Waals surface area contributed by atoms with Gasteiger partial charge in [0.05, 0.1) is 7.11 Å². The van der Waals surface area contributed by atoms with Crippen molar-refractivity contribution < 1.29 is 18.7 Å². The Kier molecular flexibility index (Phi) is 3.52. The number of phenols is 1. The van der Waals surface area contributed by atoms with Gasteiger partial charge in [0.1, 0.15) is 11.3 Å². The van der Waals surface area contributed by atoms with Crippen LogP contribution >= 0.6 is 0 Å². The number of fused-ring (bicyclic) bond motifs is 1. The van der Waals surface area contributed by atoms with Gasteiger partial charge in [-0.15, -0.1) is 0 Å². The summed E-state index contributed by atoms with van der Waals surface area (Å²) in [5, 5.41) is 9.72. The number of oxazole rings is 1. The van der Waals surface area contributed by atoms with Gasteiger partial charge in [-0.2, -0.15) is 4.98 Å². The smallest absolute Gasteiger partial charge is 0.298 e. The van der Waals surface area contributed by atoms with Crippen LogP contribution in [0.4, 0.5) is 10.4 Å². The Morgan fingerprint density at radius 3 is 2.88 bits per heavy atom. The van der Waals surface area contributed by atoms with E-state index < -0.39 is 0 Å². The number of benzene rings is 2. The van der Waals surface area contributed by atoms with E-state index in [2.05, 4.69) is 9.88 Å². The molecule has 0 amide bonds. The lowest BCUT2D eigenvalue weighted by Crippen LogP contribution is -2.25. The van der Waals surface area contributed by atoms with Gasteiger partial charge in [-0.25, -0.2) is 4.39 Å². The molecule has 124 valence electrons. The number of ether oxygens (including phenoxy) is 1. The lowest BCUT2D eigenvalue weighted by Gasteiger charge is -2.20. The van der Waals surface area contributed by atoms with Crippen LogP contribution in [0.3, 0.4) is 0 Å². The molecule has 1 saturated carbocycles. The molecule has 1 aromatic heterocycles. The first-order valence-corrected chi connectivity index (χ1v) is 7.82. The molecule has 5 nitrogen and oxygen atoms in total. The van der Waals surface area contributed by atoms with Gasteiger partial charge in [-0.05, 0) is 42.7 Å². The summed E-state index contributed by atoms with van der Waals surface area (Å²) in [5.74, 6) is 0.211. The molecule has 1 fully saturated rings. The Labute approximate surface area is 138 Å². The summed E-state index contributed by atoms with van der Waals surface area (Å²) >= 11 is 0. The summed E-state index contributed by atoms with van der Waals surface area (Å²) in [7, 11) is 1.52. The lowest BCUT2D eigenvalue weighted by atomic mass is 10.2. The maximum absolute atomic E-state index is 13.4. The first kappa shape index (κ1) is 14.8. The van der Waals surface area contributed by atoms with Crippen molar-refractivity contribution in [1.82, 2.24) is 4.98 Å². The molecule has 0 atom stereocenters. The molecular weight excluding hydrogens is 311 g/mol. The number of halogens is 1. The van der Waals surface area contributed by atoms with E-state index in [1.165, 1.54) is 19.2 Å². The minimum Gasteiger partial charge on any atom is -0.504 e. The zero-order valence-corrected chi connectivity index (χ0v) is 13.2. The average molecular weight is 328 g/mol. The average Bonchev–Trinajstić information content (AvgIpc) is 3.33. The monoisotopic (exact) mass is 328 g/mol. The van der Waals surface area contributed by atoms with Crippen LogP contribution in [0.5, 0.6) is 11.5 Å². The Balaban J connectivity index is 1.66. The third-order valence-corrected chi connectivity index (χ3v) is 4.17. The van der Waals surface area contributed by atoms with Crippen LogP contribution in [0, 0.1) is 5.82 Å². The molecule has 1 aliphatic rings. The zero-order valence-electron chi connectivity index (χ0n) is 13.2. The summed E-state index contributed by atoms with van der Waals surface area (Å²) in [6.45, 7) is 0.580. The SMILES string of the molecule is COc1cc(CN(c2nc3cc(F)ccc3o2)C2CC2)ccc1O. The number of hydrogen-bond donors (Lipinski definition) is 1. The molecule has 0 saturated heterocycles. The molecule has 0 bridgehead atoms. The van der Waals surface area contributed by atoms with E-state index in [0.29, 0.717) is 35.5 Å². The predicted octanol–water partition coefficient (Wildman–Crippen LogP) is 3.85. The predicted molar refractivity (Wildman–Crippen MR) is 87.8 cm³/mol. The number of rotatable bonds is 5. The number of methoxy groups -OCH3 is 1. The van der Waals surface area contributed by atoms with E-state index >= 15 is 0 Å². The molecule has 3 aromatic rings. The number of aromatic hydroxyl groups is 1. The normalized spacial score (nSPS) is 14.1. The fraction of sp³-hybridized carbons (Fsp3) is 0.278. The summed E-state index contributed by atoms with van der Waals surface area (Å²) in [6, 6.07) is 10.4. The second-order valence-electron chi connectivity index (χ2n) is 5.97. The first-order valence-electron chi connectivity index (χ1n) is 7.82. The standard InChI is InChI=1S/C18H17FN2O3/c1-23-17-8-11(2-6-15(17)22)10-21(13-4-5-13)18-20-14-9-12(19)3-7-16(14)24-18/h2-3,6-9,13,22H,4-5,10H2,1H3. The van der Waals surface area contributed by atoms with E-state index in [0.717, 1.165) is 18.4 Å². The Hall–Kier alpha value is -2.76. The van der Waals surface area contributed by atoms with E-state index in [1.807, 2.05) is 6.07 Å². The molecule has 1 N–H and O–H groups in total. The minimum absolute atomic E-state index is 0.108. The highest BCUT2D eigenvalue weighted by Gasteiger charge is 2.32. The topological polar surface area (TPSA) is 58.7 Å². The molecule has 4 rings (SSSR count). The molecule has 0 aliphatic heterocycles. The van der Waals surface area contributed by atoms with Crippen LogP contribution in [0.1, 0.15) is 18.4 Å². The molecule has 6 heteroatoms. The maximum Gasteiger partial charge on any atom is 0.298 e. The van der Waals surface area contributed by atoms with Crippen molar-refractivity contribution >= 4 is 17.1 Å². The minimum atomic E-state index is -0.330. The maximum atomic E-state index is 13.4. The number of anilines is 1. The van der Waals surface area contributed by atoms with Crippen molar-refractivity contribution in [1.29, 1.82) is 0 Å². The third kappa shape index (κ3) is 2.75. The van der Waals surface area contributed by atoms with Gasteiger partial charge in [0.25, 0.3) is 6.01 Å². The van der Waals surface area contributed by atoms with Gasteiger partial charge in [0, 0.05) is 18.7 Å². The van der Waals surface area contributed by atoms with Crippen molar-refractivity contribution in [3.8, 4) is 11.5 Å². The van der Waals surface area contributed by atoms with E-state index in [9.17, 15) is 9.50 Å². The second-order valence-corrected chi connectivity index (χ2v) is 5.97. The molecule has 24 heavy (non-hydrogen) atoms. The third-order valence-electron chi connectivity index (χ3n) is 4.17.